The van der Waals surface area contributed by atoms with E-state index in [4.69, 9.17) is 21.3 Å². The number of hydrogen-bond acceptors (Lipinski definition) is 3. The molecule has 0 radical (unpaired) electrons. The molecule has 0 saturated carbocycles. The second-order valence-electron chi connectivity index (χ2n) is 9.36. The van der Waals surface area contributed by atoms with Crippen LogP contribution in [0.1, 0.15) is 47.8 Å². The number of halogens is 3. The number of rotatable bonds is 6. The van der Waals surface area contributed by atoms with Gasteiger partial charge in [-0.1, -0.05) is 41.6 Å². The molecule has 5 rings (SSSR count). The average molecular weight is 525 g/mol. The monoisotopic (exact) mass is 524 g/mol. The summed E-state index contributed by atoms with van der Waals surface area (Å²) in [5.74, 6) is 0.552. The molecule has 0 bridgehead atoms. The van der Waals surface area contributed by atoms with Gasteiger partial charge in [0.1, 0.15) is 17.4 Å². The van der Waals surface area contributed by atoms with E-state index in [1.54, 1.807) is 31.4 Å². The highest BCUT2D eigenvalue weighted by atomic mass is 35.5. The lowest BCUT2D eigenvalue weighted by Gasteiger charge is -2.36. The molecule has 0 amide bonds. The summed E-state index contributed by atoms with van der Waals surface area (Å²) < 4.78 is 36.0. The van der Waals surface area contributed by atoms with E-state index in [1.165, 1.54) is 35.5 Å². The molecule has 0 N–H and O–H groups in total. The number of nitrogens with zero attached hydrogens (tertiary/aromatic N) is 2. The molecule has 1 aromatic heterocycles. The highest BCUT2D eigenvalue weighted by molar-refractivity contribution is 7.98. The van der Waals surface area contributed by atoms with E-state index in [-0.39, 0.29) is 17.0 Å². The lowest BCUT2D eigenvalue weighted by Crippen LogP contribution is -2.31. The van der Waals surface area contributed by atoms with Crippen LogP contribution >= 0.6 is 23.4 Å². The van der Waals surface area contributed by atoms with Gasteiger partial charge in [0.05, 0.1) is 18.5 Å². The third-order valence-electron chi connectivity index (χ3n) is 7.06. The smallest absolute Gasteiger partial charge is 0.173 e. The van der Waals surface area contributed by atoms with Gasteiger partial charge in [-0.2, -0.15) is 0 Å². The summed E-state index contributed by atoms with van der Waals surface area (Å²) in [7, 11) is 1.68. The van der Waals surface area contributed by atoms with Crippen LogP contribution in [0.4, 0.5) is 8.78 Å². The van der Waals surface area contributed by atoms with E-state index in [1.807, 2.05) is 13.0 Å². The van der Waals surface area contributed by atoms with Crippen LogP contribution in [0.2, 0.25) is 5.02 Å². The normalized spacial score (nSPS) is 17.2. The van der Waals surface area contributed by atoms with E-state index >= 15 is 0 Å². The minimum absolute atomic E-state index is 0.298. The molecule has 1 heterocycles. The van der Waals surface area contributed by atoms with Crippen molar-refractivity contribution in [2.75, 3.05) is 7.11 Å². The first-order valence-corrected chi connectivity index (χ1v) is 13.3. The molecule has 3 nitrogen and oxygen atoms in total. The Morgan fingerprint density at radius 1 is 1.11 bits per heavy atom. The van der Waals surface area contributed by atoms with Gasteiger partial charge < -0.3 is 4.74 Å². The van der Waals surface area contributed by atoms with E-state index in [0.29, 0.717) is 16.3 Å². The zero-order chi connectivity index (χ0) is 25.4. The van der Waals surface area contributed by atoms with Crippen molar-refractivity contribution in [3.8, 4) is 11.4 Å². The van der Waals surface area contributed by atoms with Crippen molar-refractivity contribution in [2.45, 2.75) is 49.4 Å². The second-order valence-corrected chi connectivity index (χ2v) is 10.7. The molecule has 186 valence electrons. The Morgan fingerprint density at radius 3 is 2.58 bits per heavy atom. The molecule has 0 aliphatic heterocycles. The van der Waals surface area contributed by atoms with Gasteiger partial charge in [0.15, 0.2) is 5.16 Å². The summed E-state index contributed by atoms with van der Waals surface area (Å²) in [5, 5.41) is 1.13. The van der Waals surface area contributed by atoms with Gasteiger partial charge >= 0.3 is 0 Å². The summed E-state index contributed by atoms with van der Waals surface area (Å²) in [6.07, 6.45) is 2.79. The molecule has 1 atom stereocenters. The number of thioether (sulfide) groups is 1. The summed E-state index contributed by atoms with van der Waals surface area (Å²) in [4.78, 5) is 5.04. The van der Waals surface area contributed by atoms with Crippen LogP contribution in [-0.4, -0.2) is 16.7 Å². The fourth-order valence-electron chi connectivity index (χ4n) is 5.15. The van der Waals surface area contributed by atoms with Crippen LogP contribution in [0.25, 0.3) is 5.69 Å². The molecule has 0 unspecified atom stereocenters. The second kappa shape index (κ2) is 9.91. The van der Waals surface area contributed by atoms with Crippen molar-refractivity contribution >= 4 is 23.4 Å². The summed E-state index contributed by atoms with van der Waals surface area (Å²) >= 11 is 7.74. The maximum atomic E-state index is 14.5. The van der Waals surface area contributed by atoms with E-state index in [2.05, 4.69) is 23.6 Å². The van der Waals surface area contributed by atoms with Crippen LogP contribution in [0, 0.1) is 18.6 Å². The fraction of sp³-hybridized carbons (Fsp3) is 0.276. The fourth-order valence-corrected chi connectivity index (χ4v) is 6.52. The predicted molar refractivity (Wildman–Crippen MR) is 142 cm³/mol. The zero-order valence-electron chi connectivity index (χ0n) is 20.4. The number of hydrogen-bond donors (Lipinski definition) is 0. The lowest BCUT2D eigenvalue weighted by molar-refractivity contribution is 0.409. The molecular formula is C29H27ClF2N2OS. The third kappa shape index (κ3) is 4.41. The third-order valence-corrected chi connectivity index (χ3v) is 8.38. The molecule has 0 saturated heterocycles. The van der Waals surface area contributed by atoms with Crippen LogP contribution < -0.4 is 4.74 Å². The summed E-state index contributed by atoms with van der Waals surface area (Å²) in [6, 6.07) is 17.5. The number of aromatic nitrogens is 2. The Bertz CT molecular complexity index is 1400. The minimum atomic E-state index is -0.335. The molecule has 7 heteroatoms. The largest absolute Gasteiger partial charge is 0.496 e. The van der Waals surface area contributed by atoms with Crippen LogP contribution in [0.3, 0.4) is 0 Å². The molecule has 1 aliphatic rings. The number of aryl methyl sites for hydroxylation is 2. The topological polar surface area (TPSA) is 27.1 Å². The maximum Gasteiger partial charge on any atom is 0.173 e. The van der Waals surface area contributed by atoms with Gasteiger partial charge in [-0.15, -0.1) is 0 Å². The zero-order valence-corrected chi connectivity index (χ0v) is 22.0. The van der Waals surface area contributed by atoms with Gasteiger partial charge in [0, 0.05) is 27.4 Å². The molecular weight excluding hydrogens is 498 g/mol. The molecule has 36 heavy (non-hydrogen) atoms. The van der Waals surface area contributed by atoms with E-state index in [9.17, 15) is 8.78 Å². The van der Waals surface area contributed by atoms with Crippen molar-refractivity contribution in [3.05, 3.63) is 105 Å². The van der Waals surface area contributed by atoms with Gasteiger partial charge in [0.2, 0.25) is 0 Å². The molecule has 0 fully saturated rings. The van der Waals surface area contributed by atoms with Crippen molar-refractivity contribution < 1.29 is 13.5 Å². The summed E-state index contributed by atoms with van der Waals surface area (Å²) in [5.41, 5.74) is 5.31. The molecule has 3 aromatic carbocycles. The first kappa shape index (κ1) is 24.8. The first-order valence-electron chi connectivity index (χ1n) is 11.9. The van der Waals surface area contributed by atoms with Crippen molar-refractivity contribution in [2.24, 2.45) is 0 Å². The van der Waals surface area contributed by atoms with E-state index in [0.717, 1.165) is 52.8 Å². The lowest BCUT2D eigenvalue weighted by atomic mass is 9.71. The predicted octanol–water partition coefficient (Wildman–Crippen LogP) is 8.06. The number of methoxy groups -OCH3 is 1. The average Bonchev–Trinajstić information content (AvgIpc) is 3.24. The quantitative estimate of drug-likeness (QED) is 0.239. The molecule has 4 aromatic rings. The van der Waals surface area contributed by atoms with E-state index < -0.39 is 0 Å². The number of benzene rings is 3. The Hall–Kier alpha value is -2.83. The van der Waals surface area contributed by atoms with Crippen molar-refractivity contribution in [3.63, 3.8) is 0 Å². The Morgan fingerprint density at radius 2 is 1.89 bits per heavy atom. The summed E-state index contributed by atoms with van der Waals surface area (Å²) in [6.45, 7) is 4.29. The highest BCUT2D eigenvalue weighted by Crippen LogP contribution is 2.46. The van der Waals surface area contributed by atoms with Crippen molar-refractivity contribution in [1.29, 1.82) is 0 Å². The molecule has 0 spiro atoms. The Kier molecular flexibility index (Phi) is 6.84. The van der Waals surface area contributed by atoms with Gasteiger partial charge in [0.25, 0.3) is 0 Å². The van der Waals surface area contributed by atoms with Crippen LogP contribution in [0.5, 0.6) is 5.75 Å². The number of ether oxygens (including phenoxy) is 1. The highest BCUT2D eigenvalue weighted by Gasteiger charge is 2.39. The van der Waals surface area contributed by atoms with Crippen LogP contribution in [-0.2, 0) is 17.6 Å². The van der Waals surface area contributed by atoms with Gasteiger partial charge in [-0.25, -0.2) is 13.8 Å². The van der Waals surface area contributed by atoms with Crippen LogP contribution in [0.15, 0.2) is 65.8 Å². The molecule has 1 aliphatic carbocycles. The Balaban J connectivity index is 1.66. The maximum absolute atomic E-state index is 14.5. The van der Waals surface area contributed by atoms with Gasteiger partial charge in [-0.05, 0) is 86.7 Å². The number of imidazole rings is 1. The standard InChI is InChI=1S/C29H27ClF2N2OS/c1-18-16-19(9-14-26(18)35-3)29(2)15-5-8-25-27(29)34(21-12-10-20(31)11-13-21)28(33-25)36-17-22-23(30)6-4-7-24(22)32/h4,6-7,9-14,16H,5,8,15,17H2,1-3H3/t29-/m1/s1. The SMILES string of the molecule is COc1ccc([C@@]2(C)CCCc3nc(SCc4c(F)cccc4Cl)n(-c4ccc(F)cc4)c32)cc1C. The van der Waals surface area contributed by atoms with Crippen molar-refractivity contribution in [1.82, 2.24) is 9.55 Å². The van der Waals surface area contributed by atoms with Gasteiger partial charge in [-0.3, -0.25) is 4.57 Å². The Labute approximate surface area is 219 Å². The minimum Gasteiger partial charge on any atom is -0.496 e. The first-order chi connectivity index (χ1) is 17.3. The number of fused-ring (bicyclic) bond motifs is 1.